The number of amides is 1. The second kappa shape index (κ2) is 7.18. The Bertz CT molecular complexity index is 657. The van der Waals surface area contributed by atoms with Crippen LogP contribution in [-0.4, -0.2) is 30.4 Å². The van der Waals surface area contributed by atoms with Crippen LogP contribution in [0.3, 0.4) is 0 Å². The number of aryl methyl sites for hydroxylation is 1. The van der Waals surface area contributed by atoms with Gasteiger partial charge in [0, 0.05) is 30.2 Å². The fourth-order valence-corrected chi connectivity index (χ4v) is 2.95. The van der Waals surface area contributed by atoms with Crippen molar-refractivity contribution in [2.45, 2.75) is 13.0 Å². The quantitative estimate of drug-likeness (QED) is 0.910. The first kappa shape index (κ1) is 16.9. The summed E-state index contributed by atoms with van der Waals surface area (Å²) < 4.78 is 5.35. The minimum atomic E-state index is -0.0797. The molecule has 1 aliphatic rings. The van der Waals surface area contributed by atoms with Gasteiger partial charge in [-0.05, 0) is 24.6 Å². The smallest absolute Gasteiger partial charge is 0.290 e. The first-order valence-corrected chi connectivity index (χ1v) is 7.36. The number of benzene rings is 1. The molecule has 0 saturated carbocycles. The third-order valence-corrected chi connectivity index (χ3v) is 4.17. The van der Waals surface area contributed by atoms with Crippen LogP contribution < -0.4 is 5.32 Å². The number of nitrogens with zero attached hydrogens (tertiary/aromatic N) is 1. The number of furan rings is 1. The molecule has 3 rings (SSSR count). The van der Waals surface area contributed by atoms with E-state index in [1.165, 1.54) is 0 Å². The first-order valence-electron chi connectivity index (χ1n) is 6.98. The summed E-state index contributed by atoms with van der Waals surface area (Å²) in [6, 6.07) is 9.38. The average Bonchev–Trinajstić information content (AvgIpc) is 2.93. The van der Waals surface area contributed by atoms with Gasteiger partial charge < -0.3 is 14.6 Å². The predicted octanol–water partition coefficient (Wildman–Crippen LogP) is 3.45. The normalized spacial score (nSPS) is 17.9. The molecule has 1 unspecified atom stereocenters. The summed E-state index contributed by atoms with van der Waals surface area (Å²) in [5, 5.41) is 4.00. The van der Waals surface area contributed by atoms with Crippen molar-refractivity contribution in [1.82, 2.24) is 10.2 Å². The SMILES string of the molecule is Cc1ccoc1C(=O)N1CCNCC1c1ccccc1Cl.Cl. The Morgan fingerprint density at radius 3 is 2.82 bits per heavy atom. The molecule has 1 aromatic heterocycles. The highest BCUT2D eigenvalue weighted by molar-refractivity contribution is 6.31. The van der Waals surface area contributed by atoms with Gasteiger partial charge in [0.1, 0.15) is 0 Å². The highest BCUT2D eigenvalue weighted by atomic mass is 35.5. The zero-order chi connectivity index (χ0) is 14.8. The van der Waals surface area contributed by atoms with Crippen LogP contribution in [0.25, 0.3) is 0 Å². The summed E-state index contributed by atoms with van der Waals surface area (Å²) in [6.07, 6.45) is 1.55. The molecule has 1 atom stereocenters. The molecule has 1 amide bonds. The second-order valence-corrected chi connectivity index (χ2v) is 5.58. The zero-order valence-electron chi connectivity index (χ0n) is 12.2. The van der Waals surface area contributed by atoms with Crippen molar-refractivity contribution in [3.8, 4) is 0 Å². The lowest BCUT2D eigenvalue weighted by Gasteiger charge is -2.36. The number of hydrogen-bond donors (Lipinski definition) is 1. The molecule has 1 aromatic carbocycles. The Morgan fingerprint density at radius 2 is 2.14 bits per heavy atom. The fourth-order valence-electron chi connectivity index (χ4n) is 2.69. The van der Waals surface area contributed by atoms with Crippen LogP contribution in [-0.2, 0) is 0 Å². The maximum absolute atomic E-state index is 12.7. The highest BCUT2D eigenvalue weighted by Gasteiger charge is 2.31. The van der Waals surface area contributed by atoms with Gasteiger partial charge in [0.2, 0.25) is 0 Å². The fraction of sp³-hybridized carbons (Fsp3) is 0.312. The molecule has 4 nitrogen and oxygen atoms in total. The van der Waals surface area contributed by atoms with Gasteiger partial charge in [-0.3, -0.25) is 4.79 Å². The lowest BCUT2D eigenvalue weighted by Crippen LogP contribution is -2.48. The van der Waals surface area contributed by atoms with E-state index in [2.05, 4.69) is 5.32 Å². The Morgan fingerprint density at radius 1 is 1.36 bits per heavy atom. The van der Waals surface area contributed by atoms with Crippen molar-refractivity contribution in [2.75, 3.05) is 19.6 Å². The third-order valence-electron chi connectivity index (χ3n) is 3.82. The molecule has 2 aromatic rings. The predicted molar refractivity (Wildman–Crippen MR) is 88.8 cm³/mol. The van der Waals surface area contributed by atoms with Crippen LogP contribution in [0.5, 0.6) is 0 Å². The largest absolute Gasteiger partial charge is 0.459 e. The van der Waals surface area contributed by atoms with Crippen LogP contribution >= 0.6 is 24.0 Å². The maximum Gasteiger partial charge on any atom is 0.290 e. The van der Waals surface area contributed by atoms with Gasteiger partial charge in [-0.25, -0.2) is 0 Å². The maximum atomic E-state index is 12.7. The van der Waals surface area contributed by atoms with Gasteiger partial charge in [0.25, 0.3) is 5.91 Å². The van der Waals surface area contributed by atoms with Gasteiger partial charge in [0.15, 0.2) is 5.76 Å². The van der Waals surface area contributed by atoms with Crippen molar-refractivity contribution in [3.63, 3.8) is 0 Å². The molecule has 0 spiro atoms. The first-order chi connectivity index (χ1) is 10.2. The van der Waals surface area contributed by atoms with Gasteiger partial charge >= 0.3 is 0 Å². The van der Waals surface area contributed by atoms with E-state index in [0.29, 0.717) is 23.9 Å². The average molecular weight is 341 g/mol. The van der Waals surface area contributed by atoms with Crippen molar-refractivity contribution in [3.05, 3.63) is 58.5 Å². The molecule has 0 radical (unpaired) electrons. The van der Waals surface area contributed by atoms with Gasteiger partial charge in [0.05, 0.1) is 12.3 Å². The molecule has 2 heterocycles. The van der Waals surface area contributed by atoms with E-state index in [4.69, 9.17) is 16.0 Å². The van der Waals surface area contributed by atoms with Crippen molar-refractivity contribution < 1.29 is 9.21 Å². The Labute approximate surface area is 140 Å². The number of carbonyl (C=O) groups is 1. The van der Waals surface area contributed by atoms with E-state index in [1.807, 2.05) is 36.1 Å². The summed E-state index contributed by atoms with van der Waals surface area (Å²) >= 11 is 6.29. The molecule has 22 heavy (non-hydrogen) atoms. The van der Waals surface area contributed by atoms with Crippen LogP contribution in [0.1, 0.15) is 27.7 Å². The molecule has 1 saturated heterocycles. The Hall–Kier alpha value is -1.49. The van der Waals surface area contributed by atoms with Crippen LogP contribution in [0.4, 0.5) is 0 Å². The van der Waals surface area contributed by atoms with E-state index < -0.39 is 0 Å². The Balaban J connectivity index is 0.00000176. The molecule has 118 valence electrons. The number of hydrogen-bond acceptors (Lipinski definition) is 3. The number of carbonyl (C=O) groups excluding carboxylic acids is 1. The molecule has 1 fully saturated rings. The van der Waals surface area contributed by atoms with E-state index in [1.54, 1.807) is 12.3 Å². The van der Waals surface area contributed by atoms with Gasteiger partial charge in [-0.15, -0.1) is 12.4 Å². The van der Waals surface area contributed by atoms with Gasteiger partial charge in [-0.1, -0.05) is 29.8 Å². The minimum Gasteiger partial charge on any atom is -0.459 e. The Kier molecular flexibility index (Phi) is 5.51. The lowest BCUT2D eigenvalue weighted by atomic mass is 10.0. The van der Waals surface area contributed by atoms with E-state index in [-0.39, 0.29) is 24.4 Å². The van der Waals surface area contributed by atoms with Crippen molar-refractivity contribution >= 4 is 29.9 Å². The molecular weight excluding hydrogens is 323 g/mol. The second-order valence-electron chi connectivity index (χ2n) is 5.17. The van der Waals surface area contributed by atoms with Crippen LogP contribution in [0.2, 0.25) is 5.02 Å². The molecular formula is C16H18Cl2N2O2. The number of halogens is 2. The third kappa shape index (κ3) is 3.14. The zero-order valence-corrected chi connectivity index (χ0v) is 13.8. The summed E-state index contributed by atoms with van der Waals surface area (Å²) in [4.78, 5) is 14.6. The molecule has 0 aliphatic carbocycles. The van der Waals surface area contributed by atoms with E-state index in [0.717, 1.165) is 17.7 Å². The summed E-state index contributed by atoms with van der Waals surface area (Å²) in [5.74, 6) is 0.331. The lowest BCUT2D eigenvalue weighted by molar-refractivity contribution is 0.0601. The van der Waals surface area contributed by atoms with Crippen molar-refractivity contribution in [1.29, 1.82) is 0 Å². The standard InChI is InChI=1S/C16H17ClN2O2.ClH/c1-11-6-9-21-15(11)16(20)19-8-7-18-10-14(19)12-4-2-3-5-13(12)17;/h2-6,9,14,18H,7-8,10H2,1H3;1H. The van der Waals surface area contributed by atoms with Crippen molar-refractivity contribution in [2.24, 2.45) is 0 Å². The van der Waals surface area contributed by atoms with Crippen LogP contribution in [0, 0.1) is 6.92 Å². The van der Waals surface area contributed by atoms with E-state index >= 15 is 0 Å². The topological polar surface area (TPSA) is 45.5 Å². The summed E-state index contributed by atoms with van der Waals surface area (Å²) in [6.45, 7) is 3.97. The van der Waals surface area contributed by atoms with E-state index in [9.17, 15) is 4.79 Å². The summed E-state index contributed by atoms with van der Waals surface area (Å²) in [7, 11) is 0. The molecule has 1 N–H and O–H groups in total. The highest BCUT2D eigenvalue weighted by Crippen LogP contribution is 2.30. The van der Waals surface area contributed by atoms with Crippen LogP contribution in [0.15, 0.2) is 41.0 Å². The molecule has 1 aliphatic heterocycles. The summed E-state index contributed by atoms with van der Waals surface area (Å²) in [5.41, 5.74) is 1.82. The molecule has 0 bridgehead atoms. The number of nitrogens with one attached hydrogen (secondary N) is 1. The molecule has 6 heteroatoms. The monoisotopic (exact) mass is 340 g/mol. The number of rotatable bonds is 2. The number of piperazine rings is 1. The van der Waals surface area contributed by atoms with Gasteiger partial charge in [-0.2, -0.15) is 0 Å². The minimum absolute atomic E-state index is 0.